The van der Waals surface area contributed by atoms with E-state index in [-0.39, 0.29) is 43.4 Å². The van der Waals surface area contributed by atoms with Gasteiger partial charge in [0.15, 0.2) is 39.7 Å². The van der Waals surface area contributed by atoms with Gasteiger partial charge in [-0.3, -0.25) is 0 Å². The summed E-state index contributed by atoms with van der Waals surface area (Å²) in [6.45, 7) is 8.54. The molecule has 4 unspecified atom stereocenters. The fourth-order valence-corrected chi connectivity index (χ4v) is 23.5. The van der Waals surface area contributed by atoms with E-state index in [0.29, 0.717) is 64.4 Å². The topological polar surface area (TPSA) is 460 Å². The lowest BCUT2D eigenvalue weighted by molar-refractivity contribution is 0.184. The van der Waals surface area contributed by atoms with Crippen molar-refractivity contribution in [3.05, 3.63) is 137 Å². The summed E-state index contributed by atoms with van der Waals surface area (Å²) in [6.07, 6.45) is 31.5. The Hall–Kier alpha value is -10.3. The number of ether oxygens (including phenoxy) is 4. The zero-order chi connectivity index (χ0) is 82.1. The van der Waals surface area contributed by atoms with Crippen molar-refractivity contribution in [2.75, 3.05) is 61.8 Å². The molecule has 12 aliphatic rings. The molecule has 8 amide bonds. The molecule has 118 heavy (non-hydrogen) atoms. The largest absolute Gasteiger partial charge is 0.477 e. The summed E-state index contributed by atoms with van der Waals surface area (Å²) in [5, 5.41) is 34.6. The van der Waals surface area contributed by atoms with E-state index in [1.54, 1.807) is 18.7 Å². The molecule has 38 heteroatoms. The normalized spacial score (nSPS) is 20.1. The number of aromatic nitrogens is 8. The summed E-state index contributed by atoms with van der Waals surface area (Å²) in [5.41, 5.74) is 26.4. The van der Waals surface area contributed by atoms with Gasteiger partial charge in [-0.05, 0) is 282 Å². The molecule has 34 nitrogen and oxygen atoms in total. The molecule has 4 aliphatic heterocycles. The number of aryl methyl sites for hydroxylation is 6. The van der Waals surface area contributed by atoms with E-state index in [1.807, 2.05) is 14.1 Å². The highest BCUT2D eigenvalue weighted by molar-refractivity contribution is 7.92. The maximum atomic E-state index is 13.1. The molecule has 20 rings (SSSR count). The maximum absolute atomic E-state index is 13.1. The van der Waals surface area contributed by atoms with Gasteiger partial charge in [0.1, 0.15) is 32.8 Å². The third kappa shape index (κ3) is 15.5. The minimum atomic E-state index is -3.62. The Bertz CT molecular complexity index is 5420. The van der Waals surface area contributed by atoms with Gasteiger partial charge < -0.3 is 50.8 Å². The van der Waals surface area contributed by atoms with E-state index < -0.39 is 63.8 Å². The molecule has 8 heterocycles. The van der Waals surface area contributed by atoms with Gasteiger partial charge in [0.05, 0.1) is 63.2 Å². The van der Waals surface area contributed by atoms with Crippen molar-refractivity contribution in [1.29, 1.82) is 19.1 Å². The number of hydrogen-bond donors (Lipinski definition) is 14. The highest BCUT2D eigenvalue weighted by Crippen LogP contribution is 2.46. The van der Waals surface area contributed by atoms with Gasteiger partial charge in [0.2, 0.25) is 23.5 Å². The van der Waals surface area contributed by atoms with Crippen LogP contribution in [0.1, 0.15) is 164 Å². The van der Waals surface area contributed by atoms with Crippen molar-refractivity contribution < 1.29 is 55.0 Å². The van der Waals surface area contributed by atoms with Crippen molar-refractivity contribution in [1.82, 2.24) is 68.6 Å². The molecular formula is C80H102N22O12S4. The van der Waals surface area contributed by atoms with Crippen LogP contribution in [0.15, 0.2) is 56.5 Å². The van der Waals surface area contributed by atoms with Crippen LogP contribution in [0.5, 0.6) is 23.5 Å². The predicted molar refractivity (Wildman–Crippen MR) is 442 cm³/mol. The molecule has 0 saturated carbocycles. The lowest BCUT2D eigenvalue weighted by atomic mass is 9.93. The van der Waals surface area contributed by atoms with Crippen molar-refractivity contribution in [3.8, 4) is 23.5 Å². The van der Waals surface area contributed by atoms with Gasteiger partial charge in [0, 0.05) is 48.7 Å². The van der Waals surface area contributed by atoms with Crippen LogP contribution in [0.25, 0.3) is 0 Å². The summed E-state index contributed by atoms with van der Waals surface area (Å²) < 4.78 is 124. The molecule has 4 aromatic carbocycles. The van der Waals surface area contributed by atoms with Crippen LogP contribution in [-0.2, 0) is 169 Å². The van der Waals surface area contributed by atoms with Crippen LogP contribution < -0.4 is 69.7 Å². The highest BCUT2D eigenvalue weighted by Gasteiger charge is 2.37. The second-order valence-corrected chi connectivity index (χ2v) is 39.2. The van der Waals surface area contributed by atoms with E-state index in [1.165, 1.54) is 125 Å². The summed E-state index contributed by atoms with van der Waals surface area (Å²) >= 11 is 0. The van der Waals surface area contributed by atoms with Gasteiger partial charge in [-0.1, -0.05) is 12.1 Å². The van der Waals surface area contributed by atoms with Crippen molar-refractivity contribution in [2.24, 2.45) is 0 Å². The van der Waals surface area contributed by atoms with Crippen LogP contribution in [0.4, 0.5) is 41.9 Å². The Kier molecular flexibility index (Phi) is 22.0. The lowest BCUT2D eigenvalue weighted by Crippen LogP contribution is -2.40. The molecule has 0 fully saturated rings. The Morgan fingerprint density at radius 3 is 0.881 bits per heavy atom. The van der Waals surface area contributed by atoms with Crippen LogP contribution in [0.3, 0.4) is 0 Å². The number of carbonyl (C=O) groups excluding carboxylic acids is 4. The first kappa shape index (κ1) is 80.2. The Balaban J connectivity index is 0.000000113. The molecule has 628 valence electrons. The quantitative estimate of drug-likeness (QED) is 0.0481. The highest BCUT2D eigenvalue weighted by atomic mass is 32.2. The zero-order valence-corrected chi connectivity index (χ0v) is 70.0. The van der Waals surface area contributed by atoms with Gasteiger partial charge in [-0.2, -0.15) is 20.4 Å². The zero-order valence-electron chi connectivity index (χ0n) is 66.8. The SMILES string of the molecule is CN[C@@H]1COc2c(S(=N)(=O)NC(=O)Nc3c4c(cc5c3CCC5)CCC4)cnn2C1.CN[C@@H]1COc2c(S(=N)(=O)NC(=O)Nc3c4c(cc5c3CCC5)CCC4)cnn2C1.Cc1c2c(c(NC(=O)NS(=N)(=O)c3cnn4c3OCCC4)c3c1CCC3)CCC2.Cc1c2c(c(NC(=O)NS(=N)(=O)c3cnn4c3OCCC4)c3c1CCC3)CCC2. The first-order valence-corrected chi connectivity index (χ1v) is 47.3. The van der Waals surface area contributed by atoms with E-state index in [4.69, 9.17) is 38.1 Å². The third-order valence-electron chi connectivity index (χ3n) is 25.0. The fourth-order valence-electron chi connectivity index (χ4n) is 19.4. The second kappa shape index (κ2) is 32.5. The molecule has 0 spiro atoms. The monoisotopic (exact) mass is 1690 g/mol. The van der Waals surface area contributed by atoms with Gasteiger partial charge >= 0.3 is 24.1 Å². The molecule has 4 aromatic heterocycles. The van der Waals surface area contributed by atoms with Gasteiger partial charge in [-0.25, -0.2) is 92.7 Å². The van der Waals surface area contributed by atoms with Crippen LogP contribution in [-0.4, -0.2) is 133 Å². The third-order valence-corrected chi connectivity index (χ3v) is 30.5. The van der Waals surface area contributed by atoms with E-state index in [2.05, 4.69) is 97.2 Å². The number of urea groups is 4. The number of hydrogen-bond acceptors (Lipinski definition) is 22. The average Bonchev–Trinajstić information content (AvgIpc) is 1.38. The van der Waals surface area contributed by atoms with Crippen LogP contribution >= 0.6 is 0 Å². The summed E-state index contributed by atoms with van der Waals surface area (Å²) in [4.78, 5) is 51.6. The van der Waals surface area contributed by atoms with Crippen LogP contribution in [0.2, 0.25) is 0 Å². The molecular weight excluding hydrogens is 1590 g/mol. The number of fused-ring (bicyclic) bond motifs is 12. The minimum absolute atomic E-state index is 0.0885. The molecule has 0 bridgehead atoms. The number of anilines is 4. The molecule has 14 N–H and O–H groups in total. The Morgan fingerprint density at radius 1 is 0.347 bits per heavy atom. The van der Waals surface area contributed by atoms with Gasteiger partial charge in [0.25, 0.3) is 0 Å². The van der Waals surface area contributed by atoms with E-state index in [0.717, 1.165) is 190 Å². The summed E-state index contributed by atoms with van der Waals surface area (Å²) in [5.74, 6) is 1.19. The van der Waals surface area contributed by atoms with Crippen LogP contribution in [0, 0.1) is 33.0 Å². The fraction of sp³-hybridized carbons (Fsp3) is 0.500. The number of benzene rings is 4. The Morgan fingerprint density at radius 2 is 0.593 bits per heavy atom. The predicted octanol–water partition coefficient (Wildman–Crippen LogP) is 10.2. The number of nitrogens with zero attached hydrogens (tertiary/aromatic N) is 8. The number of nitrogens with one attached hydrogen (secondary N) is 14. The molecule has 0 saturated heterocycles. The van der Waals surface area contributed by atoms with Crippen molar-refractivity contribution >= 4 is 86.5 Å². The van der Waals surface area contributed by atoms with Gasteiger partial charge in [-0.15, -0.1) is 0 Å². The van der Waals surface area contributed by atoms with Crippen molar-refractivity contribution in [3.63, 3.8) is 0 Å². The summed E-state index contributed by atoms with van der Waals surface area (Å²) in [6, 6.07) is 2.25. The molecule has 8 aliphatic carbocycles. The lowest BCUT2D eigenvalue weighted by Gasteiger charge is -2.24. The maximum Gasteiger partial charge on any atom is 0.331 e. The number of amides is 8. The molecule has 0 radical (unpaired) electrons. The average molecular weight is 1690 g/mol. The molecule has 8 aromatic rings. The molecule has 6 atom stereocenters. The summed E-state index contributed by atoms with van der Waals surface area (Å²) in [7, 11) is -10.7. The number of likely N-dealkylation sites (N-methyl/N-ethyl adjacent to an activating group) is 2. The first-order chi connectivity index (χ1) is 56.8. The minimum Gasteiger partial charge on any atom is -0.477 e. The van der Waals surface area contributed by atoms with Crippen molar-refractivity contribution in [2.45, 2.75) is 239 Å². The smallest absolute Gasteiger partial charge is 0.331 e. The van der Waals surface area contributed by atoms with E-state index in [9.17, 15) is 36.0 Å². The second-order valence-electron chi connectivity index (χ2n) is 32.2. The number of carbonyl (C=O) groups is 4. The first-order valence-electron chi connectivity index (χ1n) is 41.1. The number of rotatable bonds is 14. The standard InChI is InChI=1S/2C20H26N6O3S.2C20H25N5O3S/c2*1-22-14-10-26-19(29-11-14)17(9-23-26)30(21,28)25-20(27)24-18-15-6-2-4-12(15)8-13-5-3-7-16(13)18;2*1-12-13-5-2-7-15(13)18(16-8-3-6-14(12)16)23-20(26)24-29(21,27)17-11-22-25-9-4-10-28-19(17)25/h2*8-9,14,22H,2-7,10-11H2,1H3,(H3,21,24,25,27,28);2*11H,2-10H2,1H3,(H3,21,23,24,26,27)/t2*14-,30?;;/m00../s1. The Labute approximate surface area is 686 Å². The van der Waals surface area contributed by atoms with E-state index >= 15 is 0 Å².